The fourth-order valence-electron chi connectivity index (χ4n) is 1.12. The molecule has 0 spiro atoms. The second-order valence-corrected chi connectivity index (χ2v) is 7.45. The van der Waals surface area contributed by atoms with Crippen LogP contribution < -0.4 is 0 Å². The van der Waals surface area contributed by atoms with Crippen molar-refractivity contribution < 1.29 is 0 Å². The van der Waals surface area contributed by atoms with Crippen LogP contribution in [0.15, 0.2) is 0 Å². The summed E-state index contributed by atoms with van der Waals surface area (Å²) < 4.78 is 3.28. The first kappa shape index (κ1) is 11.8. The quantitative estimate of drug-likeness (QED) is 0.459. The van der Waals surface area contributed by atoms with Gasteiger partial charge in [-0.1, -0.05) is 0 Å². The summed E-state index contributed by atoms with van der Waals surface area (Å²) in [5.74, 6) is 0. The molecular formula is C10H22Sn+2. The van der Waals surface area contributed by atoms with E-state index in [1.807, 2.05) is 0 Å². The minimum atomic E-state index is 0.124. The van der Waals surface area contributed by atoms with Gasteiger partial charge >= 0.3 is 82.4 Å². The number of unbranched alkanes of at least 4 members (excludes halogenated alkanes) is 4. The molecule has 1 heteroatoms. The second kappa shape index (κ2) is 10.8. The summed E-state index contributed by atoms with van der Waals surface area (Å²) in [5, 5.41) is 0. The minimum absolute atomic E-state index is 0.124. The molecule has 0 saturated heterocycles. The van der Waals surface area contributed by atoms with E-state index >= 15 is 0 Å². The third-order valence-corrected chi connectivity index (χ3v) is 5.95. The Hall–Kier alpha value is 0.799. The van der Waals surface area contributed by atoms with Crippen LogP contribution in [0, 0.1) is 0 Å². The van der Waals surface area contributed by atoms with Crippen LogP contribution in [-0.2, 0) is 0 Å². The van der Waals surface area contributed by atoms with E-state index in [2.05, 4.69) is 13.8 Å². The van der Waals surface area contributed by atoms with Gasteiger partial charge in [0, 0.05) is 0 Å². The van der Waals surface area contributed by atoms with E-state index in [0.29, 0.717) is 0 Å². The molecule has 0 aliphatic heterocycles. The van der Waals surface area contributed by atoms with E-state index in [-0.39, 0.29) is 21.1 Å². The van der Waals surface area contributed by atoms with Crippen LogP contribution in [0.4, 0.5) is 0 Å². The van der Waals surface area contributed by atoms with Crippen molar-refractivity contribution in [3.8, 4) is 0 Å². The molecule has 0 aliphatic carbocycles. The van der Waals surface area contributed by atoms with Gasteiger partial charge in [0.15, 0.2) is 0 Å². The maximum absolute atomic E-state index is 2.29. The van der Waals surface area contributed by atoms with Crippen LogP contribution in [-0.4, -0.2) is 21.1 Å². The van der Waals surface area contributed by atoms with Gasteiger partial charge < -0.3 is 0 Å². The Morgan fingerprint density at radius 1 is 0.727 bits per heavy atom. The van der Waals surface area contributed by atoms with Crippen LogP contribution in [0.25, 0.3) is 0 Å². The molecule has 0 saturated carbocycles. The molecule has 0 aromatic heterocycles. The summed E-state index contributed by atoms with van der Waals surface area (Å²) in [6.07, 6.45) is 8.83. The Morgan fingerprint density at radius 3 is 1.55 bits per heavy atom. The zero-order valence-corrected chi connectivity index (χ0v) is 11.0. The fraction of sp³-hybridized carbons (Fsp3) is 1.00. The van der Waals surface area contributed by atoms with E-state index < -0.39 is 0 Å². The maximum atomic E-state index is 2.29. The van der Waals surface area contributed by atoms with Crippen molar-refractivity contribution in [2.45, 2.75) is 61.2 Å². The zero-order valence-electron chi connectivity index (χ0n) is 8.16. The van der Waals surface area contributed by atoms with Crippen LogP contribution in [0.5, 0.6) is 0 Å². The van der Waals surface area contributed by atoms with Gasteiger partial charge in [-0.2, -0.15) is 0 Å². The van der Waals surface area contributed by atoms with Crippen molar-refractivity contribution in [1.29, 1.82) is 0 Å². The van der Waals surface area contributed by atoms with E-state index in [9.17, 15) is 0 Å². The molecule has 0 heterocycles. The predicted octanol–water partition coefficient (Wildman–Crippen LogP) is 3.91. The van der Waals surface area contributed by atoms with Crippen molar-refractivity contribution in [3.63, 3.8) is 0 Å². The third-order valence-electron chi connectivity index (χ3n) is 1.91. The van der Waals surface area contributed by atoms with Gasteiger partial charge in [0.05, 0.1) is 0 Å². The molecule has 0 aromatic rings. The number of hydrogen-bond acceptors (Lipinski definition) is 0. The molecule has 0 unspecified atom stereocenters. The van der Waals surface area contributed by atoms with Gasteiger partial charge in [0.1, 0.15) is 0 Å². The Labute approximate surface area is 82.4 Å². The van der Waals surface area contributed by atoms with Gasteiger partial charge in [-0.25, -0.2) is 0 Å². The second-order valence-electron chi connectivity index (χ2n) is 3.16. The zero-order chi connectivity index (χ0) is 8.36. The summed E-state index contributed by atoms with van der Waals surface area (Å²) in [6, 6.07) is 0. The van der Waals surface area contributed by atoms with Crippen molar-refractivity contribution >= 4 is 21.1 Å². The molecule has 11 heavy (non-hydrogen) atoms. The van der Waals surface area contributed by atoms with Crippen LogP contribution in [0.1, 0.15) is 52.4 Å². The number of rotatable bonds is 8. The molecule has 0 rings (SSSR count). The van der Waals surface area contributed by atoms with Gasteiger partial charge in [-0.05, 0) is 0 Å². The SMILES string of the molecule is CCCC[CH2][Sn+2][CH2]CCCC. The molecule has 64 valence electrons. The average molecular weight is 261 g/mol. The Morgan fingerprint density at radius 2 is 1.18 bits per heavy atom. The molecule has 0 fully saturated rings. The summed E-state index contributed by atoms with van der Waals surface area (Å²) >= 11 is 0.124. The van der Waals surface area contributed by atoms with Crippen molar-refractivity contribution in [1.82, 2.24) is 0 Å². The molecule has 0 aromatic carbocycles. The number of hydrogen-bond donors (Lipinski definition) is 0. The topological polar surface area (TPSA) is 0 Å². The third kappa shape index (κ3) is 10.8. The summed E-state index contributed by atoms with van der Waals surface area (Å²) in [5.41, 5.74) is 0. The standard InChI is InChI=1S/2C5H11.Sn/c2*1-3-5-4-2;/h2*1,3-5H2,2H3;/q;;+2. The summed E-state index contributed by atoms with van der Waals surface area (Å²) in [7, 11) is 0. The van der Waals surface area contributed by atoms with Gasteiger partial charge in [-0.15, -0.1) is 0 Å². The van der Waals surface area contributed by atoms with E-state index in [0.717, 1.165) is 0 Å². The first-order chi connectivity index (χ1) is 5.41. The normalized spacial score (nSPS) is 9.64. The monoisotopic (exact) mass is 262 g/mol. The molecule has 0 N–H and O–H groups in total. The van der Waals surface area contributed by atoms with Crippen LogP contribution in [0.3, 0.4) is 0 Å². The Bertz CT molecular complexity index is 53.9. The fourth-order valence-corrected chi connectivity index (χ4v) is 4.69. The van der Waals surface area contributed by atoms with E-state index in [4.69, 9.17) is 0 Å². The van der Waals surface area contributed by atoms with E-state index in [1.165, 1.54) is 38.5 Å². The predicted molar refractivity (Wildman–Crippen MR) is 54.4 cm³/mol. The summed E-state index contributed by atoms with van der Waals surface area (Å²) in [4.78, 5) is 0. The molecule has 0 radical (unpaired) electrons. The van der Waals surface area contributed by atoms with Crippen molar-refractivity contribution in [2.75, 3.05) is 0 Å². The average Bonchev–Trinajstić information content (AvgIpc) is 2.03. The summed E-state index contributed by atoms with van der Waals surface area (Å²) in [6.45, 7) is 4.59. The first-order valence-corrected chi connectivity index (χ1v) is 9.16. The van der Waals surface area contributed by atoms with Gasteiger partial charge in [0.25, 0.3) is 0 Å². The molecule has 0 nitrogen and oxygen atoms in total. The first-order valence-electron chi connectivity index (χ1n) is 5.12. The Balaban J connectivity index is 2.69. The van der Waals surface area contributed by atoms with Crippen molar-refractivity contribution in [2.24, 2.45) is 0 Å². The van der Waals surface area contributed by atoms with E-state index in [1.54, 1.807) is 8.87 Å². The Kier molecular flexibility index (Phi) is 11.6. The molecule has 0 bridgehead atoms. The van der Waals surface area contributed by atoms with Gasteiger partial charge in [-0.3, -0.25) is 0 Å². The molecular weight excluding hydrogens is 239 g/mol. The van der Waals surface area contributed by atoms with Crippen LogP contribution in [0.2, 0.25) is 8.87 Å². The van der Waals surface area contributed by atoms with Crippen molar-refractivity contribution in [3.05, 3.63) is 0 Å². The van der Waals surface area contributed by atoms with Gasteiger partial charge in [0.2, 0.25) is 0 Å². The molecule has 0 amide bonds. The van der Waals surface area contributed by atoms with Crippen LogP contribution >= 0.6 is 0 Å². The molecule has 0 aliphatic rings. The molecule has 0 atom stereocenters.